The van der Waals surface area contributed by atoms with Gasteiger partial charge in [0.05, 0.1) is 24.2 Å². The Balaban J connectivity index is 1.82. The van der Waals surface area contributed by atoms with Crippen molar-refractivity contribution in [1.82, 2.24) is 0 Å². The second kappa shape index (κ2) is 5.53. The summed E-state index contributed by atoms with van der Waals surface area (Å²) in [4.78, 5) is 23.2. The molecule has 7 atom stereocenters. The van der Waals surface area contributed by atoms with Crippen LogP contribution in [-0.2, 0) is 28.5 Å². The first-order valence-corrected chi connectivity index (χ1v) is 9.12. The first-order valence-electron chi connectivity index (χ1n) is 9.12. The number of aliphatic hydroxyl groups excluding tert-OH is 1. The minimum absolute atomic E-state index is 0.0407. The third-order valence-corrected chi connectivity index (χ3v) is 7.00. The van der Waals surface area contributed by atoms with Crippen LogP contribution < -0.4 is 0 Å². The van der Waals surface area contributed by atoms with E-state index in [2.05, 4.69) is 0 Å². The van der Waals surface area contributed by atoms with Crippen molar-refractivity contribution >= 4 is 11.9 Å². The van der Waals surface area contributed by atoms with Gasteiger partial charge in [-0.3, -0.25) is 9.59 Å². The Kier molecular flexibility index (Phi) is 3.82. The van der Waals surface area contributed by atoms with Crippen LogP contribution in [-0.4, -0.2) is 60.3 Å². The minimum Gasteiger partial charge on any atom is -0.465 e. The lowest BCUT2D eigenvalue weighted by molar-refractivity contribution is -0.252. The van der Waals surface area contributed by atoms with Gasteiger partial charge in [0.25, 0.3) is 0 Å². The molecule has 2 aliphatic carbocycles. The highest BCUT2D eigenvalue weighted by molar-refractivity contribution is 5.66. The monoisotopic (exact) mass is 366 g/mol. The molecule has 1 saturated carbocycles. The van der Waals surface area contributed by atoms with Gasteiger partial charge in [-0.2, -0.15) is 0 Å². The van der Waals surface area contributed by atoms with Crippen LogP contribution in [0.1, 0.15) is 40.5 Å². The summed E-state index contributed by atoms with van der Waals surface area (Å²) in [7, 11) is 0. The Morgan fingerprint density at radius 2 is 2.04 bits per heavy atom. The van der Waals surface area contributed by atoms with Crippen LogP contribution in [0, 0.1) is 10.8 Å². The van der Waals surface area contributed by atoms with Gasteiger partial charge < -0.3 is 24.1 Å². The molecule has 7 nitrogen and oxygen atoms in total. The molecule has 0 aromatic heterocycles. The standard InChI is InChI=1S/C19H26O7/c1-10-5-14(22)18(8-23-11(2)20)15(6-10)26-16-13(25-12(3)21)7-17(18,4)19(16)9-24-19/h6,13-16,22H,5,7-9H2,1-4H3/t13-,14-,15-,16-,17-,18+,19?/m1/s1. The Labute approximate surface area is 152 Å². The lowest BCUT2D eigenvalue weighted by Gasteiger charge is -2.59. The normalized spacial score (nSPS) is 48.6. The lowest BCUT2D eigenvalue weighted by atomic mass is 9.51. The molecule has 2 bridgehead atoms. The maximum absolute atomic E-state index is 11.6. The van der Waals surface area contributed by atoms with Crippen molar-refractivity contribution in [3.63, 3.8) is 0 Å². The number of ether oxygens (including phenoxy) is 4. The van der Waals surface area contributed by atoms with E-state index in [1.54, 1.807) is 0 Å². The van der Waals surface area contributed by atoms with Gasteiger partial charge in [-0.25, -0.2) is 0 Å². The molecule has 0 aromatic rings. The summed E-state index contributed by atoms with van der Waals surface area (Å²) in [6, 6.07) is 0. The number of hydrogen-bond donors (Lipinski definition) is 1. The molecular formula is C19H26O7. The number of fused-ring (bicyclic) bond motifs is 2. The van der Waals surface area contributed by atoms with Crippen molar-refractivity contribution in [3.05, 3.63) is 11.6 Å². The third kappa shape index (κ3) is 2.11. The van der Waals surface area contributed by atoms with E-state index in [0.29, 0.717) is 19.4 Å². The lowest BCUT2D eigenvalue weighted by Crippen LogP contribution is -2.69. The number of carbonyl (C=O) groups is 2. The SMILES string of the molecule is CC(=O)OC[C@]12[C@H](O)CC(C)=C[C@H]1O[C@@H]1[C@H](OC(C)=O)C[C@@]2(C)C12CO2. The van der Waals surface area contributed by atoms with E-state index in [-0.39, 0.29) is 18.7 Å². The zero-order chi connectivity index (χ0) is 18.9. The molecule has 2 heterocycles. The van der Waals surface area contributed by atoms with Crippen LogP contribution in [0.3, 0.4) is 0 Å². The van der Waals surface area contributed by atoms with Crippen molar-refractivity contribution in [1.29, 1.82) is 0 Å². The zero-order valence-corrected chi connectivity index (χ0v) is 15.6. The van der Waals surface area contributed by atoms with Gasteiger partial charge in [-0.1, -0.05) is 18.6 Å². The Morgan fingerprint density at radius 1 is 1.35 bits per heavy atom. The summed E-state index contributed by atoms with van der Waals surface area (Å²) in [5.41, 5.74) is -0.996. The average molecular weight is 366 g/mol. The molecule has 3 fully saturated rings. The van der Waals surface area contributed by atoms with Gasteiger partial charge in [0.15, 0.2) is 0 Å². The fourth-order valence-electron chi connectivity index (χ4n) is 5.67. The molecule has 4 aliphatic rings. The van der Waals surface area contributed by atoms with Crippen molar-refractivity contribution < 1.29 is 33.6 Å². The predicted molar refractivity (Wildman–Crippen MR) is 89.1 cm³/mol. The molecule has 1 N–H and O–H groups in total. The maximum atomic E-state index is 11.6. The van der Waals surface area contributed by atoms with Gasteiger partial charge >= 0.3 is 11.9 Å². The molecule has 0 radical (unpaired) electrons. The number of aliphatic hydroxyl groups is 1. The molecule has 144 valence electrons. The second-order valence-corrected chi connectivity index (χ2v) is 8.39. The van der Waals surface area contributed by atoms with Crippen LogP contribution in [0.4, 0.5) is 0 Å². The zero-order valence-electron chi connectivity index (χ0n) is 15.6. The van der Waals surface area contributed by atoms with Crippen LogP contribution in [0.15, 0.2) is 11.6 Å². The number of hydrogen-bond acceptors (Lipinski definition) is 7. The Hall–Kier alpha value is -1.44. The van der Waals surface area contributed by atoms with Crippen LogP contribution in [0.2, 0.25) is 0 Å². The number of carbonyl (C=O) groups excluding carboxylic acids is 2. The number of rotatable bonds is 3. The first kappa shape index (κ1) is 17.9. The molecule has 7 heteroatoms. The van der Waals surface area contributed by atoms with Crippen LogP contribution in [0.25, 0.3) is 0 Å². The summed E-state index contributed by atoms with van der Waals surface area (Å²) in [5, 5.41) is 11.2. The summed E-state index contributed by atoms with van der Waals surface area (Å²) in [5.74, 6) is -0.766. The summed E-state index contributed by atoms with van der Waals surface area (Å²) >= 11 is 0. The highest BCUT2D eigenvalue weighted by Gasteiger charge is 2.83. The van der Waals surface area contributed by atoms with E-state index in [1.807, 2.05) is 19.9 Å². The van der Waals surface area contributed by atoms with Gasteiger partial charge in [-0.15, -0.1) is 0 Å². The van der Waals surface area contributed by atoms with Gasteiger partial charge in [-0.05, 0) is 19.8 Å². The Bertz CT molecular complexity index is 681. The van der Waals surface area contributed by atoms with Crippen molar-refractivity contribution in [2.45, 2.75) is 70.6 Å². The van der Waals surface area contributed by atoms with Crippen molar-refractivity contribution in [3.8, 4) is 0 Å². The molecule has 4 rings (SSSR count). The molecule has 2 aliphatic heterocycles. The van der Waals surface area contributed by atoms with E-state index < -0.39 is 40.7 Å². The highest BCUT2D eigenvalue weighted by atomic mass is 16.7. The third-order valence-electron chi connectivity index (χ3n) is 7.00. The highest BCUT2D eigenvalue weighted by Crippen LogP contribution is 2.71. The fraction of sp³-hybridized carbons (Fsp3) is 0.789. The fourth-order valence-corrected chi connectivity index (χ4v) is 5.67. The number of epoxide rings is 1. The van der Waals surface area contributed by atoms with Crippen molar-refractivity contribution in [2.75, 3.05) is 13.2 Å². The molecular weight excluding hydrogens is 340 g/mol. The largest absolute Gasteiger partial charge is 0.465 e. The van der Waals surface area contributed by atoms with Crippen LogP contribution in [0.5, 0.6) is 0 Å². The molecule has 0 amide bonds. The minimum atomic E-state index is -0.847. The maximum Gasteiger partial charge on any atom is 0.302 e. The second-order valence-electron chi connectivity index (χ2n) is 8.39. The van der Waals surface area contributed by atoms with Gasteiger partial charge in [0.1, 0.15) is 24.4 Å². The van der Waals surface area contributed by atoms with Crippen molar-refractivity contribution in [2.24, 2.45) is 10.8 Å². The number of esters is 2. The summed E-state index contributed by atoms with van der Waals surface area (Å²) in [6.07, 6.45) is 0.972. The molecule has 26 heavy (non-hydrogen) atoms. The Morgan fingerprint density at radius 3 is 2.62 bits per heavy atom. The summed E-state index contributed by atoms with van der Waals surface area (Å²) in [6.45, 7) is 7.26. The topological polar surface area (TPSA) is 94.6 Å². The quantitative estimate of drug-likeness (QED) is 0.454. The van der Waals surface area contributed by atoms with E-state index >= 15 is 0 Å². The molecule has 2 saturated heterocycles. The molecule has 1 spiro atoms. The smallest absolute Gasteiger partial charge is 0.302 e. The van der Waals surface area contributed by atoms with E-state index in [4.69, 9.17) is 18.9 Å². The summed E-state index contributed by atoms with van der Waals surface area (Å²) < 4.78 is 23.3. The van der Waals surface area contributed by atoms with Crippen LogP contribution >= 0.6 is 0 Å². The average Bonchev–Trinajstić information content (AvgIpc) is 3.28. The first-order chi connectivity index (χ1) is 12.2. The van der Waals surface area contributed by atoms with E-state index in [1.165, 1.54) is 13.8 Å². The molecule has 0 aromatic carbocycles. The van der Waals surface area contributed by atoms with E-state index in [0.717, 1.165) is 5.57 Å². The van der Waals surface area contributed by atoms with Gasteiger partial charge in [0, 0.05) is 19.3 Å². The predicted octanol–water partition coefficient (Wildman–Crippen LogP) is 1.12. The van der Waals surface area contributed by atoms with Gasteiger partial charge in [0.2, 0.25) is 0 Å². The van der Waals surface area contributed by atoms with E-state index in [9.17, 15) is 14.7 Å². The molecule has 1 unspecified atom stereocenters.